The Balaban J connectivity index is 0.957. The van der Waals surface area contributed by atoms with Crippen LogP contribution in [0.3, 0.4) is 0 Å². The third-order valence-corrected chi connectivity index (χ3v) is 7.79. The number of amides is 4. The molecule has 0 bridgehead atoms. The zero-order valence-corrected chi connectivity index (χ0v) is 25.4. The maximum atomic E-state index is 13.0. The second-order valence-corrected chi connectivity index (χ2v) is 12.3. The minimum Gasteiger partial charge on any atom is -0.494 e. The number of carbonyl (C=O) groups is 5. The summed E-state index contributed by atoms with van der Waals surface area (Å²) in [6, 6.07) is 7.26. The molecule has 1 unspecified atom stereocenters. The Morgan fingerprint density at radius 3 is 2.53 bits per heavy atom. The third kappa shape index (κ3) is 6.28. The third-order valence-electron chi connectivity index (χ3n) is 7.79. The highest BCUT2D eigenvalue weighted by molar-refractivity contribution is 6.23. The average molecular weight is 615 g/mol. The van der Waals surface area contributed by atoms with E-state index in [0.717, 1.165) is 41.4 Å². The number of benzene rings is 1. The molecule has 3 aliphatic heterocycles. The lowest BCUT2D eigenvalue weighted by molar-refractivity contribution is -0.136. The zero-order chi connectivity index (χ0) is 31.9. The Labute approximate surface area is 259 Å². The molecule has 3 aromatic rings. The van der Waals surface area contributed by atoms with Gasteiger partial charge in [-0.05, 0) is 70.4 Å². The zero-order valence-electron chi connectivity index (χ0n) is 25.4. The number of aromatic nitrogens is 3. The lowest BCUT2D eigenvalue weighted by atomic mass is 10.0. The van der Waals surface area contributed by atoms with E-state index in [0.29, 0.717) is 31.0 Å². The van der Waals surface area contributed by atoms with Crippen LogP contribution in [0.1, 0.15) is 88.8 Å². The van der Waals surface area contributed by atoms with Crippen molar-refractivity contribution < 1.29 is 33.4 Å². The fourth-order valence-electron chi connectivity index (χ4n) is 5.62. The number of unbranched alkanes of at least 4 members (excludes halogenated alkanes) is 1. The summed E-state index contributed by atoms with van der Waals surface area (Å²) < 4.78 is 13.2. The van der Waals surface area contributed by atoms with E-state index in [1.54, 1.807) is 18.3 Å². The number of fused-ring (bicyclic) bond motifs is 2. The standard InChI is InChI=1S/C32H34N6O7/c1-32(2,3)45-31(43)19-6-10-26(33-15-19)36-16-20-17-37(35-24(20)18-36)12-4-5-13-44-21-7-8-22-23(14-21)30(42)38(29(22)41)25-9-11-27(39)34-28(25)40/h6-8,10,14-15,17,25H,4-5,9,11-13,16,18H2,1-3H3,(H,34,39,40). The maximum Gasteiger partial charge on any atom is 0.340 e. The molecule has 0 radical (unpaired) electrons. The van der Waals surface area contributed by atoms with Crippen LogP contribution in [0.2, 0.25) is 0 Å². The van der Waals surface area contributed by atoms with Crippen LogP contribution in [-0.2, 0) is 34.0 Å². The van der Waals surface area contributed by atoms with E-state index in [9.17, 15) is 24.0 Å². The van der Waals surface area contributed by atoms with Crippen LogP contribution < -0.4 is 15.0 Å². The summed E-state index contributed by atoms with van der Waals surface area (Å²) in [6.45, 7) is 7.92. The summed E-state index contributed by atoms with van der Waals surface area (Å²) in [6.07, 6.45) is 5.34. The number of ether oxygens (including phenoxy) is 2. The minimum absolute atomic E-state index is 0.0718. The van der Waals surface area contributed by atoms with Crippen molar-refractivity contribution in [1.82, 2.24) is 25.0 Å². The summed E-state index contributed by atoms with van der Waals surface area (Å²) in [7, 11) is 0. The van der Waals surface area contributed by atoms with Crippen molar-refractivity contribution in [2.24, 2.45) is 0 Å². The van der Waals surface area contributed by atoms with Gasteiger partial charge >= 0.3 is 5.97 Å². The van der Waals surface area contributed by atoms with E-state index in [1.165, 1.54) is 12.1 Å². The summed E-state index contributed by atoms with van der Waals surface area (Å²) >= 11 is 0. The highest BCUT2D eigenvalue weighted by atomic mass is 16.6. The first-order valence-corrected chi connectivity index (χ1v) is 14.9. The Hall–Kier alpha value is -5.07. The molecule has 234 valence electrons. The topological polar surface area (TPSA) is 153 Å². The number of hydrogen-bond donors (Lipinski definition) is 1. The molecule has 13 nitrogen and oxygen atoms in total. The van der Waals surface area contributed by atoms with Crippen LogP contribution in [0.25, 0.3) is 0 Å². The molecule has 2 aromatic heterocycles. The second-order valence-electron chi connectivity index (χ2n) is 12.3. The van der Waals surface area contributed by atoms with Crippen LogP contribution in [0.15, 0.2) is 42.7 Å². The van der Waals surface area contributed by atoms with Crippen LogP contribution >= 0.6 is 0 Å². The van der Waals surface area contributed by atoms with Gasteiger partial charge in [-0.3, -0.25) is 34.1 Å². The molecule has 1 saturated heterocycles. The van der Waals surface area contributed by atoms with E-state index >= 15 is 0 Å². The molecule has 1 fully saturated rings. The molecule has 1 atom stereocenters. The first kappa shape index (κ1) is 30.0. The van der Waals surface area contributed by atoms with Gasteiger partial charge in [0.05, 0.1) is 35.5 Å². The number of aryl methyl sites for hydroxylation is 1. The molecule has 0 saturated carbocycles. The van der Waals surface area contributed by atoms with E-state index in [2.05, 4.69) is 15.2 Å². The van der Waals surface area contributed by atoms with Gasteiger partial charge < -0.3 is 14.4 Å². The molecule has 6 rings (SSSR count). The lowest BCUT2D eigenvalue weighted by Crippen LogP contribution is -2.54. The molecule has 1 aromatic carbocycles. The highest BCUT2D eigenvalue weighted by Gasteiger charge is 2.44. The number of rotatable bonds is 9. The summed E-state index contributed by atoms with van der Waals surface area (Å²) in [5.41, 5.74) is 2.38. The van der Waals surface area contributed by atoms with Gasteiger partial charge in [-0.25, -0.2) is 9.78 Å². The number of imide groups is 2. The van der Waals surface area contributed by atoms with Crippen LogP contribution in [0.5, 0.6) is 5.75 Å². The largest absolute Gasteiger partial charge is 0.494 e. The molecule has 4 amide bonds. The summed E-state index contributed by atoms with van der Waals surface area (Å²) in [5.74, 6) is -1.32. The molecule has 0 aliphatic carbocycles. The Morgan fingerprint density at radius 2 is 1.82 bits per heavy atom. The van der Waals surface area contributed by atoms with Crippen molar-refractivity contribution in [3.8, 4) is 5.75 Å². The van der Waals surface area contributed by atoms with E-state index in [4.69, 9.17) is 14.6 Å². The smallest absolute Gasteiger partial charge is 0.340 e. The monoisotopic (exact) mass is 614 g/mol. The molecule has 5 heterocycles. The minimum atomic E-state index is -1.000. The molecule has 3 aliphatic rings. The van der Waals surface area contributed by atoms with Gasteiger partial charge in [0.25, 0.3) is 11.8 Å². The quantitative estimate of drug-likeness (QED) is 0.216. The number of esters is 1. The molecule has 0 spiro atoms. The van der Waals surface area contributed by atoms with Gasteiger partial charge in [0.15, 0.2) is 0 Å². The van der Waals surface area contributed by atoms with Gasteiger partial charge in [0, 0.05) is 37.5 Å². The predicted molar refractivity (Wildman–Crippen MR) is 159 cm³/mol. The number of carbonyl (C=O) groups excluding carboxylic acids is 5. The van der Waals surface area contributed by atoms with E-state index in [-0.39, 0.29) is 24.0 Å². The van der Waals surface area contributed by atoms with Crippen molar-refractivity contribution in [3.05, 3.63) is 70.7 Å². The van der Waals surface area contributed by atoms with E-state index < -0.39 is 41.2 Å². The molecule has 45 heavy (non-hydrogen) atoms. The Bertz CT molecular complexity index is 1670. The van der Waals surface area contributed by atoms with Crippen molar-refractivity contribution in [1.29, 1.82) is 0 Å². The first-order chi connectivity index (χ1) is 21.5. The Morgan fingerprint density at radius 1 is 1.02 bits per heavy atom. The first-order valence-electron chi connectivity index (χ1n) is 14.9. The molecular weight excluding hydrogens is 580 g/mol. The van der Waals surface area contributed by atoms with Crippen molar-refractivity contribution in [2.75, 3.05) is 11.5 Å². The number of pyridine rings is 1. The normalized spacial score (nSPS) is 17.8. The van der Waals surface area contributed by atoms with Crippen LogP contribution in [-0.4, -0.2) is 67.5 Å². The lowest BCUT2D eigenvalue weighted by Gasteiger charge is -2.27. The maximum absolute atomic E-state index is 13.0. The molecule has 13 heteroatoms. The van der Waals surface area contributed by atoms with Gasteiger partial charge in [-0.1, -0.05) is 0 Å². The van der Waals surface area contributed by atoms with Crippen LogP contribution in [0.4, 0.5) is 5.82 Å². The number of hydrogen-bond acceptors (Lipinski definition) is 10. The summed E-state index contributed by atoms with van der Waals surface area (Å²) in [4.78, 5) is 69.4. The SMILES string of the molecule is CC(C)(C)OC(=O)c1ccc(N2Cc3cn(CCCCOc4ccc5c(c4)C(=O)N(C4CCC(=O)NC4=O)C5=O)nc3C2)nc1. The van der Waals surface area contributed by atoms with E-state index in [1.807, 2.05) is 37.7 Å². The highest BCUT2D eigenvalue weighted by Crippen LogP contribution is 2.31. The van der Waals surface area contributed by atoms with Crippen LogP contribution in [0, 0.1) is 0 Å². The fraction of sp³-hybridized carbons (Fsp3) is 0.406. The number of anilines is 1. The van der Waals surface area contributed by atoms with Crippen molar-refractivity contribution >= 4 is 35.4 Å². The number of nitrogens with zero attached hydrogens (tertiary/aromatic N) is 5. The predicted octanol–water partition coefficient (Wildman–Crippen LogP) is 3.01. The van der Waals surface area contributed by atoms with Gasteiger partial charge in [0.2, 0.25) is 11.8 Å². The Kier molecular flexibility index (Phi) is 7.85. The summed E-state index contributed by atoms with van der Waals surface area (Å²) in [5, 5.41) is 6.92. The average Bonchev–Trinajstić information content (AvgIpc) is 3.63. The van der Waals surface area contributed by atoms with Crippen molar-refractivity contribution in [3.63, 3.8) is 0 Å². The second kappa shape index (κ2) is 11.8. The fourth-order valence-corrected chi connectivity index (χ4v) is 5.62. The van der Waals surface area contributed by atoms with Gasteiger partial charge in [0.1, 0.15) is 23.2 Å². The van der Waals surface area contributed by atoms with Crippen molar-refractivity contribution in [2.45, 2.75) is 77.7 Å². The van der Waals surface area contributed by atoms with Gasteiger partial charge in [-0.15, -0.1) is 0 Å². The molecule has 1 N–H and O–H groups in total. The van der Waals surface area contributed by atoms with Gasteiger partial charge in [-0.2, -0.15) is 5.10 Å². The number of nitrogens with one attached hydrogen (secondary N) is 1. The number of piperidine rings is 1. The molecular formula is C32H34N6O7.